The molecular formula is C23H28N2O4S2. The van der Waals surface area contributed by atoms with Gasteiger partial charge < -0.3 is 4.90 Å². The fraction of sp³-hybridized carbons (Fsp3) is 0.391. The van der Waals surface area contributed by atoms with Crippen molar-refractivity contribution in [2.24, 2.45) is 5.92 Å². The summed E-state index contributed by atoms with van der Waals surface area (Å²) in [4.78, 5) is 27.4. The third kappa shape index (κ3) is 5.56. The zero-order chi connectivity index (χ0) is 22.6. The summed E-state index contributed by atoms with van der Waals surface area (Å²) in [5.41, 5.74) is 1.55. The highest BCUT2D eigenvalue weighted by atomic mass is 32.2. The van der Waals surface area contributed by atoms with Crippen LogP contribution in [-0.2, 0) is 21.4 Å². The smallest absolute Gasteiger partial charge is 0.243 e. The van der Waals surface area contributed by atoms with Crippen LogP contribution in [0.25, 0.3) is 0 Å². The molecule has 0 bridgehead atoms. The molecule has 3 rings (SSSR count). The van der Waals surface area contributed by atoms with Crippen molar-refractivity contribution in [3.63, 3.8) is 0 Å². The third-order valence-corrected chi connectivity index (χ3v) is 8.31. The molecule has 2 aromatic carbocycles. The van der Waals surface area contributed by atoms with Crippen molar-refractivity contribution in [2.45, 2.75) is 36.1 Å². The molecule has 0 aromatic heterocycles. The second-order valence-electron chi connectivity index (χ2n) is 7.80. The highest BCUT2D eigenvalue weighted by Crippen LogP contribution is 2.26. The molecule has 0 aliphatic carbocycles. The van der Waals surface area contributed by atoms with Crippen LogP contribution in [0.5, 0.6) is 0 Å². The van der Waals surface area contributed by atoms with Gasteiger partial charge >= 0.3 is 0 Å². The molecule has 0 saturated carbocycles. The molecule has 1 amide bonds. The summed E-state index contributed by atoms with van der Waals surface area (Å²) in [6, 6.07) is 14.2. The van der Waals surface area contributed by atoms with Crippen LogP contribution in [0.4, 0.5) is 0 Å². The van der Waals surface area contributed by atoms with E-state index in [1.54, 1.807) is 23.7 Å². The molecule has 2 aromatic rings. The quantitative estimate of drug-likeness (QED) is 0.466. The Bertz CT molecular complexity index is 1030. The Morgan fingerprint density at radius 2 is 1.61 bits per heavy atom. The molecule has 8 heteroatoms. The van der Waals surface area contributed by atoms with Gasteiger partial charge in [-0.1, -0.05) is 24.3 Å². The van der Waals surface area contributed by atoms with Gasteiger partial charge in [-0.15, -0.1) is 11.8 Å². The van der Waals surface area contributed by atoms with Crippen molar-refractivity contribution in [3.05, 3.63) is 59.7 Å². The summed E-state index contributed by atoms with van der Waals surface area (Å²) in [7, 11) is -1.84. The standard InChI is InChI=1S/C23H28N2O4S2/c1-17(26)19-6-10-22(11-7-19)31(28,29)25-14-12-20(13-15-25)23(27)24(2)16-18-4-8-21(30-3)9-5-18/h4-11,20H,12-16H2,1-3H3. The van der Waals surface area contributed by atoms with Gasteiger partial charge in [-0.3, -0.25) is 9.59 Å². The number of benzene rings is 2. The number of amides is 1. The van der Waals surface area contributed by atoms with Gasteiger partial charge in [0.2, 0.25) is 15.9 Å². The highest BCUT2D eigenvalue weighted by molar-refractivity contribution is 7.98. The second-order valence-corrected chi connectivity index (χ2v) is 10.6. The maximum absolute atomic E-state index is 12.9. The third-order valence-electron chi connectivity index (χ3n) is 5.66. The first-order valence-electron chi connectivity index (χ1n) is 10.2. The van der Waals surface area contributed by atoms with Crippen molar-refractivity contribution in [1.29, 1.82) is 0 Å². The Morgan fingerprint density at radius 1 is 1.03 bits per heavy atom. The van der Waals surface area contributed by atoms with Crippen LogP contribution in [0.3, 0.4) is 0 Å². The number of carbonyl (C=O) groups is 2. The topological polar surface area (TPSA) is 74.8 Å². The van der Waals surface area contributed by atoms with Gasteiger partial charge in [0.15, 0.2) is 5.78 Å². The molecule has 1 aliphatic rings. The summed E-state index contributed by atoms with van der Waals surface area (Å²) in [5, 5.41) is 0. The van der Waals surface area contributed by atoms with Gasteiger partial charge in [-0.05, 0) is 55.9 Å². The summed E-state index contributed by atoms with van der Waals surface area (Å²) >= 11 is 1.68. The lowest BCUT2D eigenvalue weighted by Crippen LogP contribution is -2.43. The van der Waals surface area contributed by atoms with E-state index in [0.29, 0.717) is 38.0 Å². The van der Waals surface area contributed by atoms with Gasteiger partial charge in [0.25, 0.3) is 0 Å². The van der Waals surface area contributed by atoms with Crippen molar-refractivity contribution in [3.8, 4) is 0 Å². The lowest BCUT2D eigenvalue weighted by atomic mass is 9.96. The second kappa shape index (κ2) is 9.97. The van der Waals surface area contributed by atoms with Crippen molar-refractivity contribution in [1.82, 2.24) is 9.21 Å². The van der Waals surface area contributed by atoms with Crippen molar-refractivity contribution < 1.29 is 18.0 Å². The van der Waals surface area contributed by atoms with Gasteiger partial charge in [-0.25, -0.2) is 8.42 Å². The molecule has 166 valence electrons. The van der Waals surface area contributed by atoms with Crippen LogP contribution in [0.1, 0.15) is 35.7 Å². The van der Waals surface area contributed by atoms with Crippen LogP contribution in [0.2, 0.25) is 0 Å². The molecule has 0 unspecified atom stereocenters. The summed E-state index contributed by atoms with van der Waals surface area (Å²) in [6.45, 7) is 2.60. The normalized spacial score (nSPS) is 15.6. The zero-order valence-electron chi connectivity index (χ0n) is 18.1. The minimum absolute atomic E-state index is 0.0526. The van der Waals surface area contributed by atoms with E-state index in [4.69, 9.17) is 0 Å². The number of rotatable bonds is 7. The maximum Gasteiger partial charge on any atom is 0.243 e. The Kier molecular flexibility index (Phi) is 7.56. The van der Waals surface area contributed by atoms with Crippen LogP contribution < -0.4 is 0 Å². The van der Waals surface area contributed by atoms with E-state index in [0.717, 1.165) is 5.56 Å². The average molecular weight is 461 g/mol. The Labute approximate surface area is 188 Å². The lowest BCUT2D eigenvalue weighted by molar-refractivity contribution is -0.135. The van der Waals surface area contributed by atoms with Gasteiger partial charge in [-0.2, -0.15) is 4.31 Å². The Hall–Kier alpha value is -2.16. The number of nitrogens with zero attached hydrogens (tertiary/aromatic N) is 2. The molecule has 1 aliphatic heterocycles. The van der Waals surface area contributed by atoms with Gasteiger partial charge in [0.1, 0.15) is 0 Å². The number of sulfonamides is 1. The fourth-order valence-electron chi connectivity index (χ4n) is 3.75. The van der Waals surface area contributed by atoms with Gasteiger partial charge in [0, 0.05) is 43.1 Å². The van der Waals surface area contributed by atoms with E-state index in [1.165, 1.54) is 40.4 Å². The molecule has 0 atom stereocenters. The first-order valence-corrected chi connectivity index (χ1v) is 12.9. The minimum Gasteiger partial charge on any atom is -0.341 e. The number of piperidine rings is 1. The van der Waals surface area contributed by atoms with E-state index >= 15 is 0 Å². The summed E-state index contributed by atoms with van der Waals surface area (Å²) in [6.07, 6.45) is 3.02. The predicted molar refractivity (Wildman–Crippen MR) is 123 cm³/mol. The summed E-state index contributed by atoms with van der Waals surface area (Å²) in [5.74, 6) is -0.230. The predicted octanol–water partition coefficient (Wildman–Crippen LogP) is 3.67. The average Bonchev–Trinajstić information content (AvgIpc) is 2.79. The zero-order valence-corrected chi connectivity index (χ0v) is 19.7. The molecule has 1 fully saturated rings. The van der Waals surface area contributed by atoms with Crippen LogP contribution in [-0.4, -0.2) is 55.7 Å². The molecule has 0 radical (unpaired) electrons. The van der Waals surface area contributed by atoms with E-state index in [1.807, 2.05) is 30.5 Å². The SMILES string of the molecule is CSc1ccc(CN(C)C(=O)C2CCN(S(=O)(=O)c3ccc(C(C)=O)cc3)CC2)cc1. The Balaban J connectivity index is 1.58. The monoisotopic (exact) mass is 460 g/mol. The lowest BCUT2D eigenvalue weighted by Gasteiger charge is -2.32. The number of hydrogen-bond donors (Lipinski definition) is 0. The molecule has 0 N–H and O–H groups in total. The molecular weight excluding hydrogens is 432 g/mol. The van der Waals surface area contributed by atoms with E-state index < -0.39 is 10.0 Å². The molecule has 1 saturated heterocycles. The largest absolute Gasteiger partial charge is 0.341 e. The maximum atomic E-state index is 12.9. The first kappa shape index (κ1) is 23.5. The van der Waals surface area contributed by atoms with E-state index in [-0.39, 0.29) is 22.5 Å². The van der Waals surface area contributed by atoms with Crippen LogP contribution >= 0.6 is 11.8 Å². The number of thioether (sulfide) groups is 1. The number of Topliss-reactive ketones (excluding diaryl/α,β-unsaturated/α-hetero) is 1. The van der Waals surface area contributed by atoms with Gasteiger partial charge in [0.05, 0.1) is 4.90 Å². The fourth-order valence-corrected chi connectivity index (χ4v) is 5.63. The summed E-state index contributed by atoms with van der Waals surface area (Å²) < 4.78 is 27.3. The molecule has 31 heavy (non-hydrogen) atoms. The number of ketones is 1. The van der Waals surface area contributed by atoms with Crippen molar-refractivity contribution >= 4 is 33.5 Å². The number of carbonyl (C=O) groups excluding carboxylic acids is 2. The van der Waals surface area contributed by atoms with E-state index in [9.17, 15) is 18.0 Å². The molecule has 6 nitrogen and oxygen atoms in total. The van der Waals surface area contributed by atoms with Crippen LogP contribution in [0, 0.1) is 5.92 Å². The Morgan fingerprint density at radius 3 is 2.13 bits per heavy atom. The van der Waals surface area contributed by atoms with E-state index in [2.05, 4.69) is 0 Å². The number of hydrogen-bond acceptors (Lipinski definition) is 5. The van der Waals surface area contributed by atoms with Crippen LogP contribution in [0.15, 0.2) is 58.3 Å². The minimum atomic E-state index is -3.63. The van der Waals surface area contributed by atoms with Crippen molar-refractivity contribution in [2.75, 3.05) is 26.4 Å². The first-order chi connectivity index (χ1) is 14.7. The molecule has 0 spiro atoms. The molecule has 1 heterocycles. The highest BCUT2D eigenvalue weighted by Gasteiger charge is 2.33.